The smallest absolute Gasteiger partial charge is 0.311 e. The van der Waals surface area contributed by atoms with Gasteiger partial charge in [-0.3, -0.25) is 10.1 Å². The van der Waals surface area contributed by atoms with Crippen LogP contribution in [0.5, 0.6) is 5.75 Å². The van der Waals surface area contributed by atoms with Crippen molar-refractivity contribution < 1.29 is 14.1 Å². The van der Waals surface area contributed by atoms with E-state index >= 15 is 0 Å². The highest BCUT2D eigenvalue weighted by Crippen LogP contribution is 2.28. The maximum absolute atomic E-state index is 12.9. The summed E-state index contributed by atoms with van der Waals surface area (Å²) < 4.78 is 17.9. The summed E-state index contributed by atoms with van der Waals surface area (Å²) in [6.45, 7) is 1.69. The minimum atomic E-state index is -0.819. The van der Waals surface area contributed by atoms with Crippen molar-refractivity contribution in [2.75, 3.05) is 0 Å². The molecule has 0 heterocycles. The predicted octanol–water partition coefficient (Wildman–Crippen LogP) is 2.41. The van der Waals surface area contributed by atoms with Crippen LogP contribution in [-0.2, 0) is 0 Å². The van der Waals surface area contributed by atoms with Crippen molar-refractivity contribution in [3.05, 3.63) is 34.1 Å². The minimum Gasteiger partial charge on any atom is -0.468 e. The monoisotopic (exact) mass is 224 g/mol. The summed E-state index contributed by atoms with van der Waals surface area (Å²) in [7, 11) is 0. The van der Waals surface area contributed by atoms with Gasteiger partial charge in [0.15, 0.2) is 6.10 Å². The molecule has 16 heavy (non-hydrogen) atoms. The van der Waals surface area contributed by atoms with Gasteiger partial charge in [-0.2, -0.15) is 5.26 Å². The van der Waals surface area contributed by atoms with Crippen molar-refractivity contribution >= 4 is 5.69 Å². The molecule has 1 rings (SSSR count). The minimum absolute atomic E-state index is 0.224. The fraction of sp³-hybridized carbons (Fsp3) is 0.300. The molecule has 0 aromatic heterocycles. The number of hydrogen-bond acceptors (Lipinski definition) is 4. The van der Waals surface area contributed by atoms with Crippen molar-refractivity contribution in [2.24, 2.45) is 0 Å². The van der Waals surface area contributed by atoms with Crippen LogP contribution in [0.4, 0.5) is 10.1 Å². The van der Waals surface area contributed by atoms with E-state index < -0.39 is 16.8 Å². The van der Waals surface area contributed by atoms with Gasteiger partial charge in [-0.15, -0.1) is 0 Å². The van der Waals surface area contributed by atoms with E-state index in [1.807, 2.05) is 6.07 Å². The van der Waals surface area contributed by atoms with Crippen LogP contribution in [0.15, 0.2) is 18.2 Å². The Hall–Kier alpha value is -2.16. The van der Waals surface area contributed by atoms with E-state index in [9.17, 15) is 14.5 Å². The lowest BCUT2D eigenvalue weighted by Crippen LogP contribution is -2.13. The van der Waals surface area contributed by atoms with Crippen LogP contribution in [0, 0.1) is 27.3 Å². The third-order valence-electron chi connectivity index (χ3n) is 1.90. The highest BCUT2D eigenvalue weighted by molar-refractivity contribution is 5.46. The Morgan fingerprint density at radius 1 is 1.69 bits per heavy atom. The fourth-order valence-electron chi connectivity index (χ4n) is 1.09. The first-order chi connectivity index (χ1) is 7.58. The van der Waals surface area contributed by atoms with Crippen LogP contribution in [0.1, 0.15) is 13.3 Å². The first-order valence-corrected chi connectivity index (χ1v) is 4.58. The highest BCUT2D eigenvalue weighted by atomic mass is 19.1. The van der Waals surface area contributed by atoms with E-state index in [2.05, 4.69) is 0 Å². The molecular weight excluding hydrogens is 215 g/mol. The first kappa shape index (κ1) is 11.9. The predicted molar refractivity (Wildman–Crippen MR) is 53.4 cm³/mol. The Kier molecular flexibility index (Phi) is 3.78. The lowest BCUT2D eigenvalue weighted by atomic mass is 10.2. The van der Waals surface area contributed by atoms with E-state index in [-0.39, 0.29) is 11.4 Å². The summed E-state index contributed by atoms with van der Waals surface area (Å²) in [5.41, 5.74) is -0.352. The van der Waals surface area contributed by atoms with Crippen molar-refractivity contribution in [2.45, 2.75) is 19.4 Å². The summed E-state index contributed by atoms with van der Waals surface area (Å²) in [5.74, 6) is -0.869. The van der Waals surface area contributed by atoms with Gasteiger partial charge in [-0.1, -0.05) is 6.92 Å². The average Bonchev–Trinajstić information content (AvgIpc) is 2.25. The van der Waals surface area contributed by atoms with Crippen LogP contribution in [0.3, 0.4) is 0 Å². The first-order valence-electron chi connectivity index (χ1n) is 4.58. The Balaban J connectivity index is 3.06. The zero-order chi connectivity index (χ0) is 12.1. The van der Waals surface area contributed by atoms with Crippen LogP contribution >= 0.6 is 0 Å². The lowest BCUT2D eigenvalue weighted by molar-refractivity contribution is -0.386. The summed E-state index contributed by atoms with van der Waals surface area (Å²) in [6, 6.07) is 4.70. The third-order valence-corrected chi connectivity index (χ3v) is 1.90. The molecule has 84 valence electrons. The van der Waals surface area contributed by atoms with E-state index in [0.717, 1.165) is 18.2 Å². The zero-order valence-corrected chi connectivity index (χ0v) is 8.51. The molecule has 0 aliphatic carbocycles. The normalized spacial score (nSPS) is 11.6. The summed E-state index contributed by atoms with van der Waals surface area (Å²) >= 11 is 0. The molecule has 1 aromatic carbocycles. The second kappa shape index (κ2) is 5.07. The maximum atomic E-state index is 12.9. The number of benzene rings is 1. The molecule has 5 nitrogen and oxygen atoms in total. The Labute approximate surface area is 91.2 Å². The number of rotatable bonds is 4. The van der Waals surface area contributed by atoms with Crippen molar-refractivity contribution in [3.8, 4) is 11.8 Å². The van der Waals surface area contributed by atoms with E-state index in [1.54, 1.807) is 6.92 Å². The van der Waals surface area contributed by atoms with Crippen molar-refractivity contribution in [1.29, 1.82) is 5.26 Å². The van der Waals surface area contributed by atoms with Gasteiger partial charge in [-0.25, -0.2) is 4.39 Å². The largest absolute Gasteiger partial charge is 0.468 e. The SMILES string of the molecule is CCC(C#N)Oc1cc(F)ccc1[N+](=O)[O-]. The van der Waals surface area contributed by atoms with E-state index in [1.165, 1.54) is 0 Å². The van der Waals surface area contributed by atoms with E-state index in [4.69, 9.17) is 10.00 Å². The standard InChI is InChI=1S/C10H9FN2O3/c1-2-8(6-12)16-10-5-7(11)3-4-9(10)13(14)15/h3-5,8H,2H2,1H3. The molecule has 0 saturated carbocycles. The highest BCUT2D eigenvalue weighted by Gasteiger charge is 2.18. The number of halogens is 1. The Morgan fingerprint density at radius 2 is 2.38 bits per heavy atom. The number of nitro benzene ring substituents is 1. The summed E-state index contributed by atoms with van der Waals surface area (Å²) in [5, 5.41) is 19.3. The Bertz CT molecular complexity index is 442. The molecule has 1 unspecified atom stereocenters. The molecule has 1 aromatic rings. The topological polar surface area (TPSA) is 76.2 Å². The van der Waals surface area contributed by atoms with Gasteiger partial charge in [0.2, 0.25) is 5.75 Å². The second-order valence-corrected chi connectivity index (χ2v) is 3.01. The molecule has 0 amide bonds. The van der Waals surface area contributed by atoms with Crippen LogP contribution in [0.2, 0.25) is 0 Å². The zero-order valence-electron chi connectivity index (χ0n) is 8.51. The van der Waals surface area contributed by atoms with Gasteiger partial charge in [0.1, 0.15) is 11.9 Å². The average molecular weight is 224 g/mol. The number of nitrogens with zero attached hydrogens (tertiary/aromatic N) is 2. The molecule has 0 aliphatic heterocycles. The fourth-order valence-corrected chi connectivity index (χ4v) is 1.09. The number of nitro groups is 1. The number of nitriles is 1. The van der Waals surface area contributed by atoms with E-state index in [0.29, 0.717) is 6.42 Å². The second-order valence-electron chi connectivity index (χ2n) is 3.01. The molecular formula is C10H9FN2O3. The van der Waals surface area contributed by atoms with Gasteiger partial charge < -0.3 is 4.74 Å². The van der Waals surface area contributed by atoms with Gasteiger partial charge in [-0.05, 0) is 12.5 Å². The molecule has 6 heteroatoms. The summed E-state index contributed by atoms with van der Waals surface area (Å²) in [4.78, 5) is 9.93. The quantitative estimate of drug-likeness (QED) is 0.581. The van der Waals surface area contributed by atoms with Crippen LogP contribution < -0.4 is 4.74 Å². The molecule has 0 fully saturated rings. The van der Waals surface area contributed by atoms with Crippen LogP contribution in [0.25, 0.3) is 0 Å². The molecule has 0 spiro atoms. The Morgan fingerprint density at radius 3 is 2.88 bits per heavy atom. The lowest BCUT2D eigenvalue weighted by Gasteiger charge is -2.10. The van der Waals surface area contributed by atoms with Gasteiger partial charge in [0, 0.05) is 12.1 Å². The van der Waals surface area contributed by atoms with Crippen molar-refractivity contribution in [3.63, 3.8) is 0 Å². The molecule has 0 bridgehead atoms. The molecule has 0 radical (unpaired) electrons. The van der Waals surface area contributed by atoms with Gasteiger partial charge >= 0.3 is 5.69 Å². The number of hydrogen-bond donors (Lipinski definition) is 0. The van der Waals surface area contributed by atoms with Crippen molar-refractivity contribution in [1.82, 2.24) is 0 Å². The molecule has 1 atom stereocenters. The van der Waals surface area contributed by atoms with Gasteiger partial charge in [0.25, 0.3) is 0 Å². The third kappa shape index (κ3) is 2.67. The summed E-state index contributed by atoms with van der Waals surface area (Å²) in [6.07, 6.45) is -0.454. The molecule has 0 aliphatic rings. The van der Waals surface area contributed by atoms with Crippen LogP contribution in [-0.4, -0.2) is 11.0 Å². The molecule has 0 N–H and O–H groups in total. The molecule has 0 saturated heterocycles. The van der Waals surface area contributed by atoms with Gasteiger partial charge in [0.05, 0.1) is 4.92 Å². The number of ether oxygens (including phenoxy) is 1. The maximum Gasteiger partial charge on any atom is 0.311 e.